The van der Waals surface area contributed by atoms with E-state index in [0.717, 1.165) is 16.7 Å². The summed E-state index contributed by atoms with van der Waals surface area (Å²) in [7, 11) is 0. The van der Waals surface area contributed by atoms with Crippen molar-refractivity contribution in [3.8, 4) is 0 Å². The lowest BCUT2D eigenvalue weighted by Crippen LogP contribution is -2.31. The number of carbonyl (C=O) groups is 2. The van der Waals surface area contributed by atoms with Gasteiger partial charge in [0.05, 0.1) is 17.9 Å². The summed E-state index contributed by atoms with van der Waals surface area (Å²) >= 11 is 0. The number of nitrogens with zero attached hydrogens (tertiary/aromatic N) is 3. The zero-order valence-electron chi connectivity index (χ0n) is 20.2. The van der Waals surface area contributed by atoms with Crippen LogP contribution >= 0.6 is 0 Å². The van der Waals surface area contributed by atoms with Crippen LogP contribution in [0.25, 0.3) is 5.76 Å². The van der Waals surface area contributed by atoms with Gasteiger partial charge >= 0.3 is 0 Å². The van der Waals surface area contributed by atoms with Crippen LogP contribution in [0.3, 0.4) is 0 Å². The average molecular weight is 458 g/mol. The molecule has 3 aromatic rings. The van der Waals surface area contributed by atoms with Crippen LogP contribution in [-0.2, 0) is 16.1 Å². The van der Waals surface area contributed by atoms with Crippen molar-refractivity contribution in [2.45, 2.75) is 52.6 Å². The number of aromatic nitrogens is 2. The van der Waals surface area contributed by atoms with Gasteiger partial charge in [0, 0.05) is 31.0 Å². The first kappa shape index (κ1) is 23.5. The molecule has 34 heavy (non-hydrogen) atoms. The third kappa shape index (κ3) is 4.53. The third-order valence-corrected chi connectivity index (χ3v) is 6.48. The summed E-state index contributed by atoms with van der Waals surface area (Å²) < 4.78 is 1.94. The second-order valence-corrected chi connectivity index (χ2v) is 9.29. The van der Waals surface area contributed by atoms with Gasteiger partial charge in [-0.15, -0.1) is 0 Å². The van der Waals surface area contributed by atoms with Crippen LogP contribution in [-0.4, -0.2) is 37.8 Å². The molecular formula is C28H31N3O3. The van der Waals surface area contributed by atoms with Gasteiger partial charge in [-0.25, -0.2) is 4.98 Å². The average Bonchev–Trinajstić information content (AvgIpc) is 3.42. The molecule has 1 atom stereocenters. The van der Waals surface area contributed by atoms with Crippen LogP contribution in [0.15, 0.2) is 66.8 Å². The Hall–Kier alpha value is -3.67. The third-order valence-electron chi connectivity index (χ3n) is 6.48. The van der Waals surface area contributed by atoms with Crippen molar-refractivity contribution in [2.75, 3.05) is 6.54 Å². The lowest BCUT2D eigenvalue weighted by Gasteiger charge is -2.26. The second-order valence-electron chi connectivity index (χ2n) is 9.29. The van der Waals surface area contributed by atoms with Crippen LogP contribution in [0.5, 0.6) is 0 Å². The Labute approximate surface area is 200 Å². The Morgan fingerprint density at radius 3 is 2.44 bits per heavy atom. The first-order chi connectivity index (χ1) is 16.3. The Morgan fingerprint density at radius 2 is 1.79 bits per heavy atom. The molecule has 1 aliphatic rings. The van der Waals surface area contributed by atoms with E-state index in [9.17, 15) is 14.7 Å². The number of carbonyl (C=O) groups excluding carboxylic acids is 2. The highest BCUT2D eigenvalue weighted by Gasteiger charge is 2.45. The van der Waals surface area contributed by atoms with Crippen LogP contribution in [0.1, 0.15) is 60.0 Å². The fourth-order valence-electron chi connectivity index (χ4n) is 4.50. The number of Topliss-reactive ketones (excluding diaryl/α,β-unsaturated/α-hetero) is 1. The van der Waals surface area contributed by atoms with Crippen molar-refractivity contribution in [3.63, 3.8) is 0 Å². The van der Waals surface area contributed by atoms with Crippen LogP contribution in [0, 0.1) is 13.8 Å². The zero-order valence-corrected chi connectivity index (χ0v) is 20.2. The normalized spacial score (nSPS) is 17.7. The fraction of sp³-hybridized carbons (Fsp3) is 0.321. The maximum atomic E-state index is 13.3. The number of amides is 1. The van der Waals surface area contributed by atoms with Crippen LogP contribution in [0.2, 0.25) is 0 Å². The molecular weight excluding hydrogens is 426 g/mol. The Morgan fingerprint density at radius 1 is 1.06 bits per heavy atom. The van der Waals surface area contributed by atoms with Crippen molar-refractivity contribution in [3.05, 3.63) is 94.6 Å². The molecule has 1 fully saturated rings. The van der Waals surface area contributed by atoms with Crippen molar-refractivity contribution in [1.29, 1.82) is 0 Å². The van der Waals surface area contributed by atoms with Crippen molar-refractivity contribution >= 4 is 17.4 Å². The molecule has 1 aliphatic heterocycles. The molecule has 176 valence electrons. The number of hydrogen-bond donors (Lipinski definition) is 1. The molecule has 0 radical (unpaired) electrons. The molecule has 1 unspecified atom stereocenters. The highest BCUT2D eigenvalue weighted by Crippen LogP contribution is 2.40. The van der Waals surface area contributed by atoms with E-state index in [1.165, 1.54) is 5.56 Å². The van der Waals surface area contributed by atoms with Gasteiger partial charge in [0.1, 0.15) is 5.76 Å². The van der Waals surface area contributed by atoms with Gasteiger partial charge in [0.25, 0.3) is 11.7 Å². The van der Waals surface area contributed by atoms with Gasteiger partial charge in [-0.3, -0.25) is 9.59 Å². The van der Waals surface area contributed by atoms with Crippen molar-refractivity contribution in [2.24, 2.45) is 0 Å². The number of aliphatic hydroxyl groups is 1. The van der Waals surface area contributed by atoms with Gasteiger partial charge in [0.2, 0.25) is 0 Å². The van der Waals surface area contributed by atoms with Crippen LogP contribution in [0.4, 0.5) is 0 Å². The van der Waals surface area contributed by atoms with E-state index >= 15 is 0 Å². The predicted molar refractivity (Wildman–Crippen MR) is 132 cm³/mol. The SMILES string of the molecule is Cc1ccc(C)c(/C(O)=C2\C(=O)C(=O)N(CCCn3ccnc3)C2c2ccc(C(C)C)cc2)c1. The molecule has 0 saturated carbocycles. The number of ketones is 1. The van der Waals surface area contributed by atoms with E-state index < -0.39 is 17.7 Å². The molecule has 4 rings (SSSR count). The molecule has 6 nitrogen and oxygen atoms in total. The van der Waals surface area contributed by atoms with Gasteiger partial charge in [0.15, 0.2) is 0 Å². The summed E-state index contributed by atoms with van der Waals surface area (Å²) in [6.45, 7) is 9.15. The number of benzene rings is 2. The van der Waals surface area contributed by atoms with Crippen molar-refractivity contribution in [1.82, 2.24) is 14.5 Å². The number of aryl methyl sites for hydroxylation is 3. The summed E-state index contributed by atoms with van der Waals surface area (Å²) in [5.74, 6) is -0.963. The number of likely N-dealkylation sites (tertiary alicyclic amines) is 1. The Bertz CT molecular complexity index is 1220. The molecule has 1 N–H and O–H groups in total. The minimum absolute atomic E-state index is 0.116. The molecule has 1 aromatic heterocycles. The monoisotopic (exact) mass is 457 g/mol. The van der Waals surface area contributed by atoms with E-state index in [1.54, 1.807) is 17.4 Å². The molecule has 1 saturated heterocycles. The predicted octanol–water partition coefficient (Wildman–Crippen LogP) is 5.14. The first-order valence-corrected chi connectivity index (χ1v) is 11.7. The molecule has 2 aromatic carbocycles. The second kappa shape index (κ2) is 9.67. The Balaban J connectivity index is 1.77. The topological polar surface area (TPSA) is 75.4 Å². The summed E-state index contributed by atoms with van der Waals surface area (Å²) in [5.41, 5.74) is 4.55. The number of rotatable bonds is 7. The first-order valence-electron chi connectivity index (χ1n) is 11.7. The molecule has 1 amide bonds. The minimum atomic E-state index is -0.640. The van der Waals surface area contributed by atoms with Gasteiger partial charge in [-0.1, -0.05) is 55.8 Å². The highest BCUT2D eigenvalue weighted by atomic mass is 16.3. The van der Waals surface area contributed by atoms with E-state index in [4.69, 9.17) is 0 Å². The zero-order chi connectivity index (χ0) is 24.4. The molecule has 2 heterocycles. The van der Waals surface area contributed by atoms with E-state index in [-0.39, 0.29) is 11.3 Å². The standard InChI is InChI=1S/C28H31N3O3/c1-18(2)21-8-10-22(11-9-21)25-24(26(32)23-16-19(3)6-7-20(23)4)27(33)28(34)31(25)14-5-13-30-15-12-29-17-30/h6-12,15-18,25,32H,5,13-14H2,1-4H3/b26-24+. The maximum Gasteiger partial charge on any atom is 0.295 e. The van der Waals surface area contributed by atoms with E-state index in [0.29, 0.717) is 31.0 Å². The highest BCUT2D eigenvalue weighted by molar-refractivity contribution is 6.46. The number of aliphatic hydroxyl groups excluding tert-OH is 1. The molecule has 0 aliphatic carbocycles. The minimum Gasteiger partial charge on any atom is -0.507 e. The van der Waals surface area contributed by atoms with Gasteiger partial charge in [-0.2, -0.15) is 0 Å². The lowest BCUT2D eigenvalue weighted by molar-refractivity contribution is -0.139. The molecule has 0 spiro atoms. The summed E-state index contributed by atoms with van der Waals surface area (Å²) in [6.07, 6.45) is 5.98. The smallest absolute Gasteiger partial charge is 0.295 e. The Kier molecular flexibility index (Phi) is 6.68. The quantitative estimate of drug-likeness (QED) is 0.303. The number of hydrogen-bond acceptors (Lipinski definition) is 4. The van der Waals surface area contributed by atoms with Crippen LogP contribution < -0.4 is 0 Å². The fourth-order valence-corrected chi connectivity index (χ4v) is 4.50. The summed E-state index contributed by atoms with van der Waals surface area (Å²) in [5, 5.41) is 11.3. The summed E-state index contributed by atoms with van der Waals surface area (Å²) in [6, 6.07) is 13.1. The maximum absolute atomic E-state index is 13.3. The van der Waals surface area contributed by atoms with E-state index in [2.05, 4.69) is 18.8 Å². The van der Waals surface area contributed by atoms with Gasteiger partial charge < -0.3 is 14.6 Å². The molecule has 0 bridgehead atoms. The van der Waals surface area contributed by atoms with Crippen molar-refractivity contribution < 1.29 is 14.7 Å². The molecule has 6 heteroatoms. The summed E-state index contributed by atoms with van der Waals surface area (Å²) in [4.78, 5) is 32.1. The largest absolute Gasteiger partial charge is 0.507 e. The van der Waals surface area contributed by atoms with E-state index in [1.807, 2.05) is 67.1 Å². The van der Waals surface area contributed by atoms with Gasteiger partial charge in [-0.05, 0) is 48.9 Å². The lowest BCUT2D eigenvalue weighted by atomic mass is 9.92. The number of imidazole rings is 1.